The van der Waals surface area contributed by atoms with E-state index in [9.17, 15) is 0 Å². The van der Waals surface area contributed by atoms with Crippen molar-refractivity contribution in [2.24, 2.45) is 0 Å². The van der Waals surface area contributed by atoms with Crippen molar-refractivity contribution in [2.75, 3.05) is 25.6 Å². The Hall–Kier alpha value is -2.00. The van der Waals surface area contributed by atoms with Crippen LogP contribution < -0.4 is 10.1 Å². The quantitative estimate of drug-likeness (QED) is 0.922. The number of nitrogens with one attached hydrogen (secondary N) is 1. The Labute approximate surface area is 119 Å². The van der Waals surface area contributed by atoms with Crippen molar-refractivity contribution < 1.29 is 9.47 Å². The van der Waals surface area contributed by atoms with Crippen LogP contribution in [0.2, 0.25) is 0 Å². The molecule has 1 aliphatic heterocycles. The van der Waals surface area contributed by atoms with E-state index < -0.39 is 0 Å². The molecule has 0 bridgehead atoms. The smallest absolute Gasteiger partial charge is 0.119 e. The second kappa shape index (κ2) is 5.97. The van der Waals surface area contributed by atoms with Crippen molar-refractivity contribution in [1.29, 1.82) is 0 Å². The maximum absolute atomic E-state index is 5.85. The van der Waals surface area contributed by atoms with E-state index in [1.807, 2.05) is 31.3 Å². The third-order valence-corrected chi connectivity index (χ3v) is 3.64. The lowest BCUT2D eigenvalue weighted by Gasteiger charge is -2.26. The summed E-state index contributed by atoms with van der Waals surface area (Å²) in [6.07, 6.45) is 1.02. The summed E-state index contributed by atoms with van der Waals surface area (Å²) in [6, 6.07) is 16.4. The molecule has 1 heterocycles. The number of ether oxygens (including phenoxy) is 2. The van der Waals surface area contributed by atoms with Crippen LogP contribution in [0.15, 0.2) is 48.5 Å². The Morgan fingerprint density at radius 2 is 1.95 bits per heavy atom. The average molecular weight is 269 g/mol. The second-order valence-corrected chi connectivity index (χ2v) is 4.89. The van der Waals surface area contributed by atoms with E-state index in [-0.39, 0.29) is 6.10 Å². The van der Waals surface area contributed by atoms with Crippen LogP contribution in [-0.4, -0.2) is 20.3 Å². The van der Waals surface area contributed by atoms with E-state index in [0.29, 0.717) is 6.61 Å². The molecule has 0 aromatic heterocycles. The third-order valence-electron chi connectivity index (χ3n) is 3.64. The van der Waals surface area contributed by atoms with Gasteiger partial charge in [0.05, 0.1) is 6.61 Å². The van der Waals surface area contributed by atoms with E-state index in [1.165, 1.54) is 11.1 Å². The summed E-state index contributed by atoms with van der Waals surface area (Å²) in [6.45, 7) is 1.32. The molecule has 104 valence electrons. The molecule has 1 atom stereocenters. The number of anilines is 1. The first-order chi connectivity index (χ1) is 9.86. The number of rotatable bonds is 4. The second-order valence-electron chi connectivity index (χ2n) is 4.89. The Morgan fingerprint density at radius 3 is 2.75 bits per heavy atom. The summed E-state index contributed by atoms with van der Waals surface area (Å²) in [5.41, 5.74) is 3.71. The lowest BCUT2D eigenvalue weighted by atomic mass is 9.98. The first kappa shape index (κ1) is 13.0. The highest BCUT2D eigenvalue weighted by Gasteiger charge is 2.20. The standard InChI is InChI=1S/C17H19NO2/c1-18-14-6-8-15(9-7-14)20-12-17-16-5-3-2-4-13(16)10-11-19-17/h2-9,17-18H,10-12H2,1H3. The van der Waals surface area contributed by atoms with E-state index in [2.05, 4.69) is 29.6 Å². The first-order valence-electron chi connectivity index (χ1n) is 6.97. The highest BCUT2D eigenvalue weighted by Crippen LogP contribution is 2.27. The Balaban J connectivity index is 1.66. The fraction of sp³-hybridized carbons (Fsp3) is 0.294. The van der Waals surface area contributed by atoms with Gasteiger partial charge in [0.2, 0.25) is 0 Å². The Kier molecular flexibility index (Phi) is 3.88. The van der Waals surface area contributed by atoms with Crippen LogP contribution in [-0.2, 0) is 11.2 Å². The lowest BCUT2D eigenvalue weighted by molar-refractivity contribution is 0.0102. The highest BCUT2D eigenvalue weighted by molar-refractivity contribution is 5.45. The van der Waals surface area contributed by atoms with Gasteiger partial charge in [-0.15, -0.1) is 0 Å². The molecule has 1 aliphatic rings. The molecular weight excluding hydrogens is 250 g/mol. The van der Waals surface area contributed by atoms with Gasteiger partial charge in [0.1, 0.15) is 18.5 Å². The van der Waals surface area contributed by atoms with Crippen LogP contribution in [0.25, 0.3) is 0 Å². The zero-order valence-corrected chi connectivity index (χ0v) is 11.6. The molecule has 0 spiro atoms. The summed E-state index contributed by atoms with van der Waals surface area (Å²) in [4.78, 5) is 0. The summed E-state index contributed by atoms with van der Waals surface area (Å²) in [7, 11) is 1.91. The minimum absolute atomic E-state index is 0.0314. The van der Waals surface area contributed by atoms with Gasteiger partial charge in [0.25, 0.3) is 0 Å². The molecule has 0 saturated carbocycles. The van der Waals surface area contributed by atoms with E-state index in [1.54, 1.807) is 0 Å². The van der Waals surface area contributed by atoms with Gasteiger partial charge in [-0.3, -0.25) is 0 Å². The highest BCUT2D eigenvalue weighted by atomic mass is 16.5. The SMILES string of the molecule is CNc1ccc(OCC2OCCc3ccccc32)cc1. The van der Waals surface area contributed by atoms with Gasteiger partial charge >= 0.3 is 0 Å². The molecule has 3 nitrogen and oxygen atoms in total. The predicted molar refractivity (Wildman–Crippen MR) is 80.3 cm³/mol. The van der Waals surface area contributed by atoms with Crippen LogP contribution >= 0.6 is 0 Å². The Bertz CT molecular complexity index is 565. The molecule has 0 saturated heterocycles. The van der Waals surface area contributed by atoms with Crippen molar-refractivity contribution >= 4 is 5.69 Å². The van der Waals surface area contributed by atoms with E-state index in [0.717, 1.165) is 24.5 Å². The van der Waals surface area contributed by atoms with Crippen LogP contribution in [0, 0.1) is 0 Å². The maximum atomic E-state index is 5.85. The molecule has 3 rings (SSSR count). The van der Waals surface area contributed by atoms with Gasteiger partial charge in [-0.2, -0.15) is 0 Å². The summed E-state index contributed by atoms with van der Waals surface area (Å²) >= 11 is 0. The zero-order valence-electron chi connectivity index (χ0n) is 11.6. The van der Waals surface area contributed by atoms with Gasteiger partial charge < -0.3 is 14.8 Å². The third kappa shape index (κ3) is 2.78. The maximum Gasteiger partial charge on any atom is 0.119 e. The number of benzene rings is 2. The number of hydrogen-bond acceptors (Lipinski definition) is 3. The van der Waals surface area contributed by atoms with Crippen LogP contribution in [0.4, 0.5) is 5.69 Å². The molecule has 1 N–H and O–H groups in total. The summed E-state index contributed by atoms with van der Waals surface area (Å²) < 4.78 is 11.7. The lowest BCUT2D eigenvalue weighted by Crippen LogP contribution is -2.21. The minimum Gasteiger partial charge on any atom is -0.491 e. The first-order valence-corrected chi connectivity index (χ1v) is 6.97. The molecule has 1 unspecified atom stereocenters. The summed E-state index contributed by atoms with van der Waals surface area (Å²) in [5, 5.41) is 3.09. The zero-order chi connectivity index (χ0) is 13.8. The molecule has 3 heteroatoms. The fourth-order valence-corrected chi connectivity index (χ4v) is 2.50. The van der Waals surface area contributed by atoms with Gasteiger partial charge in [-0.1, -0.05) is 24.3 Å². The van der Waals surface area contributed by atoms with Gasteiger partial charge in [0.15, 0.2) is 0 Å². The van der Waals surface area contributed by atoms with Crippen molar-refractivity contribution in [2.45, 2.75) is 12.5 Å². The van der Waals surface area contributed by atoms with Crippen molar-refractivity contribution in [3.8, 4) is 5.75 Å². The summed E-state index contributed by atoms with van der Waals surface area (Å²) in [5.74, 6) is 0.871. The monoisotopic (exact) mass is 269 g/mol. The molecule has 0 amide bonds. The van der Waals surface area contributed by atoms with E-state index >= 15 is 0 Å². The van der Waals surface area contributed by atoms with Gasteiger partial charge in [-0.05, 0) is 41.8 Å². The van der Waals surface area contributed by atoms with E-state index in [4.69, 9.17) is 9.47 Å². The van der Waals surface area contributed by atoms with Gasteiger partial charge in [-0.25, -0.2) is 0 Å². The largest absolute Gasteiger partial charge is 0.491 e. The predicted octanol–water partition coefficient (Wildman–Crippen LogP) is 3.42. The van der Waals surface area contributed by atoms with Crippen LogP contribution in [0.3, 0.4) is 0 Å². The molecule has 0 aliphatic carbocycles. The number of hydrogen-bond donors (Lipinski definition) is 1. The van der Waals surface area contributed by atoms with Gasteiger partial charge in [0, 0.05) is 12.7 Å². The van der Waals surface area contributed by atoms with Crippen molar-refractivity contribution in [1.82, 2.24) is 0 Å². The van der Waals surface area contributed by atoms with Crippen LogP contribution in [0.5, 0.6) is 5.75 Å². The molecule has 20 heavy (non-hydrogen) atoms. The number of fused-ring (bicyclic) bond motifs is 1. The topological polar surface area (TPSA) is 30.5 Å². The normalized spacial score (nSPS) is 17.4. The van der Waals surface area contributed by atoms with Crippen molar-refractivity contribution in [3.63, 3.8) is 0 Å². The molecule has 2 aromatic carbocycles. The minimum atomic E-state index is 0.0314. The Morgan fingerprint density at radius 1 is 1.15 bits per heavy atom. The average Bonchev–Trinajstić information content (AvgIpc) is 2.53. The molecule has 0 radical (unpaired) electrons. The molecule has 2 aromatic rings. The fourth-order valence-electron chi connectivity index (χ4n) is 2.50. The molecular formula is C17H19NO2. The van der Waals surface area contributed by atoms with Crippen LogP contribution in [0.1, 0.15) is 17.2 Å². The molecule has 0 fully saturated rings. The van der Waals surface area contributed by atoms with Crippen molar-refractivity contribution in [3.05, 3.63) is 59.7 Å².